The molecule has 3 aromatic carbocycles. The van der Waals surface area contributed by atoms with Crippen molar-refractivity contribution in [2.24, 2.45) is 0 Å². The van der Waals surface area contributed by atoms with Crippen molar-refractivity contribution in [1.29, 1.82) is 0 Å². The van der Waals surface area contributed by atoms with Gasteiger partial charge in [0.25, 0.3) is 11.6 Å². The van der Waals surface area contributed by atoms with Crippen molar-refractivity contribution in [2.45, 2.75) is 26.9 Å². The molecule has 3 aromatic rings. The first-order valence-electron chi connectivity index (χ1n) is 12.7. The first-order valence-corrected chi connectivity index (χ1v) is 13.5. The highest BCUT2D eigenvalue weighted by Crippen LogP contribution is 2.36. The highest BCUT2D eigenvalue weighted by molar-refractivity contribution is 9.10. The number of amides is 4. The highest BCUT2D eigenvalue weighted by atomic mass is 79.9. The fourth-order valence-corrected chi connectivity index (χ4v) is 4.55. The van der Waals surface area contributed by atoms with Crippen LogP contribution in [0.1, 0.15) is 30.5 Å². The third kappa shape index (κ3) is 7.09. The van der Waals surface area contributed by atoms with Gasteiger partial charge in [-0.2, -0.15) is 0 Å². The minimum Gasteiger partial charge on any atom is -0.490 e. The van der Waals surface area contributed by atoms with Gasteiger partial charge in [0.15, 0.2) is 11.5 Å². The second-order valence-electron chi connectivity index (χ2n) is 8.91. The van der Waals surface area contributed by atoms with Gasteiger partial charge in [0.2, 0.25) is 5.91 Å². The average molecular weight is 623 g/mol. The van der Waals surface area contributed by atoms with Crippen LogP contribution in [-0.4, -0.2) is 40.8 Å². The van der Waals surface area contributed by atoms with Gasteiger partial charge in [0.1, 0.15) is 18.8 Å². The standard InChI is InChI=1S/C29H27BrN4O7/c1-3-19-9-5-6-11-23(19)31-27(35)16-33-28(36)24(32-29(33)37)13-20-14-25(40-4-2)26(15-22(20)30)41-17-18-8-7-10-21(12-18)34(38)39/h5-15H,3-4,16-17H2,1-2H3,(H,31,35)(H,32,37)/b24-13+. The summed E-state index contributed by atoms with van der Waals surface area (Å²) in [6.45, 7) is 3.70. The van der Waals surface area contributed by atoms with E-state index in [-0.39, 0.29) is 18.0 Å². The van der Waals surface area contributed by atoms with Gasteiger partial charge >= 0.3 is 6.03 Å². The predicted octanol–water partition coefficient (Wildman–Crippen LogP) is 5.43. The Morgan fingerprint density at radius 2 is 1.83 bits per heavy atom. The minimum absolute atomic E-state index is 0.00910. The van der Waals surface area contributed by atoms with Crippen LogP contribution < -0.4 is 20.1 Å². The molecule has 1 saturated heterocycles. The average Bonchev–Trinajstić information content (AvgIpc) is 3.21. The number of nitro benzene ring substituents is 1. The molecule has 4 rings (SSSR count). The number of non-ortho nitro benzene ring substituents is 1. The molecule has 1 aliphatic heterocycles. The lowest BCUT2D eigenvalue weighted by Gasteiger charge is -2.14. The lowest BCUT2D eigenvalue weighted by atomic mass is 10.1. The minimum atomic E-state index is -0.710. The van der Waals surface area contributed by atoms with Crippen molar-refractivity contribution in [1.82, 2.24) is 10.2 Å². The van der Waals surface area contributed by atoms with Crippen LogP contribution in [0.4, 0.5) is 16.2 Å². The van der Waals surface area contributed by atoms with Gasteiger partial charge in [-0.15, -0.1) is 0 Å². The van der Waals surface area contributed by atoms with E-state index >= 15 is 0 Å². The molecule has 11 nitrogen and oxygen atoms in total. The second kappa shape index (κ2) is 13.1. The summed E-state index contributed by atoms with van der Waals surface area (Å²) in [5, 5.41) is 16.3. The van der Waals surface area contributed by atoms with Crippen molar-refractivity contribution < 1.29 is 28.8 Å². The molecule has 2 N–H and O–H groups in total. The van der Waals surface area contributed by atoms with E-state index in [0.29, 0.717) is 45.8 Å². The number of nitrogens with zero attached hydrogens (tertiary/aromatic N) is 2. The van der Waals surface area contributed by atoms with Crippen molar-refractivity contribution in [3.8, 4) is 11.5 Å². The van der Waals surface area contributed by atoms with Gasteiger partial charge in [0.05, 0.1) is 11.5 Å². The second-order valence-corrected chi connectivity index (χ2v) is 9.76. The van der Waals surface area contributed by atoms with Crippen LogP contribution in [0, 0.1) is 10.1 Å². The number of aryl methyl sites for hydroxylation is 1. The number of para-hydroxylation sites is 1. The van der Waals surface area contributed by atoms with Crippen LogP contribution in [0.25, 0.3) is 6.08 Å². The first-order chi connectivity index (χ1) is 19.7. The van der Waals surface area contributed by atoms with E-state index < -0.39 is 29.3 Å². The number of carbonyl (C=O) groups excluding carboxylic acids is 3. The van der Waals surface area contributed by atoms with E-state index in [1.807, 2.05) is 19.1 Å². The molecule has 0 atom stereocenters. The maximum absolute atomic E-state index is 13.0. The fraction of sp³-hybridized carbons (Fsp3) is 0.207. The number of ether oxygens (including phenoxy) is 2. The Morgan fingerprint density at radius 3 is 2.56 bits per heavy atom. The van der Waals surface area contributed by atoms with Crippen LogP contribution in [0.5, 0.6) is 11.5 Å². The van der Waals surface area contributed by atoms with Crippen molar-refractivity contribution in [3.05, 3.63) is 97.6 Å². The monoisotopic (exact) mass is 622 g/mol. The molecule has 1 heterocycles. The quantitative estimate of drug-likeness (QED) is 0.126. The van der Waals surface area contributed by atoms with Gasteiger partial charge in [-0.1, -0.05) is 53.2 Å². The molecule has 0 aromatic heterocycles. The molecular weight excluding hydrogens is 596 g/mol. The zero-order chi connectivity index (χ0) is 29.5. The van der Waals surface area contributed by atoms with Crippen LogP contribution in [-0.2, 0) is 22.6 Å². The predicted molar refractivity (Wildman–Crippen MR) is 155 cm³/mol. The van der Waals surface area contributed by atoms with Crippen LogP contribution in [0.15, 0.2) is 70.8 Å². The van der Waals surface area contributed by atoms with Crippen molar-refractivity contribution in [3.63, 3.8) is 0 Å². The molecule has 41 heavy (non-hydrogen) atoms. The number of benzene rings is 3. The number of rotatable bonds is 11. The smallest absolute Gasteiger partial charge is 0.329 e. The number of imide groups is 1. The summed E-state index contributed by atoms with van der Waals surface area (Å²) in [6, 6.07) is 16.0. The van der Waals surface area contributed by atoms with E-state index in [0.717, 1.165) is 10.5 Å². The third-order valence-corrected chi connectivity index (χ3v) is 6.80. The van der Waals surface area contributed by atoms with Gasteiger partial charge in [-0.05, 0) is 54.3 Å². The Balaban J connectivity index is 1.49. The zero-order valence-electron chi connectivity index (χ0n) is 22.3. The zero-order valence-corrected chi connectivity index (χ0v) is 23.9. The number of anilines is 1. The summed E-state index contributed by atoms with van der Waals surface area (Å²) in [6.07, 6.45) is 2.19. The maximum Gasteiger partial charge on any atom is 0.329 e. The molecule has 0 aliphatic carbocycles. The molecule has 212 valence electrons. The normalized spacial score (nSPS) is 13.7. The molecular formula is C29H27BrN4O7. The molecule has 12 heteroatoms. The molecule has 0 saturated carbocycles. The SMILES string of the molecule is CCOc1cc(/C=C2/NC(=O)N(CC(=O)Nc3ccccc3CC)C2=O)c(Br)cc1OCc1cccc([N+](=O)[O-])c1. The number of nitro groups is 1. The molecule has 0 unspecified atom stereocenters. The molecule has 0 radical (unpaired) electrons. The first kappa shape index (κ1) is 29.3. The van der Waals surface area contributed by atoms with Crippen LogP contribution in [0.2, 0.25) is 0 Å². The largest absolute Gasteiger partial charge is 0.490 e. The molecule has 0 bridgehead atoms. The number of hydrogen-bond acceptors (Lipinski definition) is 7. The fourth-order valence-electron chi connectivity index (χ4n) is 4.12. The summed E-state index contributed by atoms with van der Waals surface area (Å²) in [7, 11) is 0. The summed E-state index contributed by atoms with van der Waals surface area (Å²) < 4.78 is 12.2. The Bertz CT molecular complexity index is 1540. The number of nitrogens with one attached hydrogen (secondary N) is 2. The van der Waals surface area contributed by atoms with Gasteiger partial charge < -0.3 is 20.1 Å². The van der Waals surface area contributed by atoms with Gasteiger partial charge in [0, 0.05) is 22.3 Å². The third-order valence-electron chi connectivity index (χ3n) is 6.11. The lowest BCUT2D eigenvalue weighted by Crippen LogP contribution is -2.38. The number of halogens is 1. The van der Waals surface area contributed by atoms with E-state index in [1.165, 1.54) is 18.2 Å². The van der Waals surface area contributed by atoms with Crippen molar-refractivity contribution >= 4 is 51.2 Å². The number of urea groups is 1. The number of hydrogen-bond donors (Lipinski definition) is 2. The summed E-state index contributed by atoms with van der Waals surface area (Å²) in [5.41, 5.74) is 2.63. The Kier molecular flexibility index (Phi) is 9.35. The maximum atomic E-state index is 13.0. The van der Waals surface area contributed by atoms with E-state index in [4.69, 9.17) is 9.47 Å². The molecule has 1 fully saturated rings. The van der Waals surface area contributed by atoms with Gasteiger partial charge in [-0.25, -0.2) is 9.69 Å². The number of carbonyl (C=O) groups is 3. The Labute approximate surface area is 244 Å². The van der Waals surface area contributed by atoms with Crippen molar-refractivity contribution in [2.75, 3.05) is 18.5 Å². The highest BCUT2D eigenvalue weighted by Gasteiger charge is 2.35. The molecule has 4 amide bonds. The van der Waals surface area contributed by atoms with E-state index in [2.05, 4.69) is 26.6 Å². The molecule has 1 aliphatic rings. The van der Waals surface area contributed by atoms with E-state index in [1.54, 1.807) is 43.3 Å². The molecule has 0 spiro atoms. The summed E-state index contributed by atoms with van der Waals surface area (Å²) in [4.78, 5) is 49.7. The summed E-state index contributed by atoms with van der Waals surface area (Å²) >= 11 is 3.47. The Morgan fingerprint density at radius 1 is 1.07 bits per heavy atom. The van der Waals surface area contributed by atoms with E-state index in [9.17, 15) is 24.5 Å². The topological polar surface area (TPSA) is 140 Å². The lowest BCUT2D eigenvalue weighted by molar-refractivity contribution is -0.384. The Hall–Kier alpha value is -4.71. The summed E-state index contributed by atoms with van der Waals surface area (Å²) in [5.74, 6) is -0.402. The van der Waals surface area contributed by atoms with Gasteiger partial charge in [-0.3, -0.25) is 19.7 Å². The van der Waals surface area contributed by atoms with Crippen LogP contribution >= 0.6 is 15.9 Å². The van der Waals surface area contributed by atoms with Crippen LogP contribution in [0.3, 0.4) is 0 Å².